The molecule has 1 aliphatic rings. The summed E-state index contributed by atoms with van der Waals surface area (Å²) in [4.78, 5) is 21.8. The minimum atomic E-state index is -3.82. The summed E-state index contributed by atoms with van der Waals surface area (Å²) in [5, 5.41) is 12.6. The summed E-state index contributed by atoms with van der Waals surface area (Å²) in [7, 11) is -3.82. The van der Waals surface area contributed by atoms with Crippen molar-refractivity contribution in [2.75, 3.05) is 10.0 Å². The number of nitrogens with zero attached hydrogens (tertiary/aromatic N) is 3. The topological polar surface area (TPSA) is 125 Å². The smallest absolute Gasteiger partial charge is 0.263 e. The van der Waals surface area contributed by atoms with Crippen molar-refractivity contribution in [1.82, 2.24) is 9.97 Å². The average molecular weight is 570 g/mol. The first-order valence-corrected chi connectivity index (χ1v) is 15.2. The number of sulfonamides is 1. The third-order valence-electron chi connectivity index (χ3n) is 6.74. The van der Waals surface area contributed by atoms with Crippen LogP contribution in [0.2, 0.25) is 0 Å². The highest BCUT2D eigenvalue weighted by Crippen LogP contribution is 2.35. The monoisotopic (exact) mass is 569 g/mol. The Bertz CT molecular complexity index is 1660. The van der Waals surface area contributed by atoms with E-state index in [9.17, 15) is 18.5 Å². The molecule has 0 spiro atoms. The Balaban J connectivity index is 1.23. The minimum absolute atomic E-state index is 0.0463. The van der Waals surface area contributed by atoms with Crippen LogP contribution < -0.4 is 10.0 Å². The summed E-state index contributed by atoms with van der Waals surface area (Å²) in [6.07, 6.45) is 4.14. The molecule has 2 heterocycles. The maximum absolute atomic E-state index is 12.9. The van der Waals surface area contributed by atoms with Gasteiger partial charge in [-0.15, -0.1) is 0 Å². The van der Waals surface area contributed by atoms with Crippen LogP contribution in [0.5, 0.6) is 0 Å². The number of anilines is 2. The zero-order chi connectivity index (χ0) is 28.1. The van der Waals surface area contributed by atoms with Gasteiger partial charge in [0.05, 0.1) is 15.7 Å². The van der Waals surface area contributed by atoms with Gasteiger partial charge in [0.2, 0.25) is 5.91 Å². The van der Waals surface area contributed by atoms with Gasteiger partial charge in [0.15, 0.2) is 0 Å². The van der Waals surface area contributed by atoms with E-state index < -0.39 is 15.3 Å². The number of carbonyl (C=O) groups is 1. The van der Waals surface area contributed by atoms with Crippen molar-refractivity contribution in [3.63, 3.8) is 0 Å². The predicted molar refractivity (Wildman–Crippen MR) is 156 cm³/mol. The Kier molecular flexibility index (Phi) is 8.14. The Hall–Kier alpha value is -4.20. The minimum Gasteiger partial charge on any atom is -0.325 e. The van der Waals surface area contributed by atoms with E-state index in [0.29, 0.717) is 22.2 Å². The van der Waals surface area contributed by atoms with Crippen molar-refractivity contribution in [2.45, 2.75) is 47.3 Å². The third-order valence-corrected chi connectivity index (χ3v) is 9.21. The highest BCUT2D eigenvalue weighted by Gasteiger charge is 2.25. The predicted octanol–water partition coefficient (Wildman–Crippen LogP) is 5.54. The van der Waals surface area contributed by atoms with Crippen molar-refractivity contribution < 1.29 is 13.2 Å². The molecule has 0 radical (unpaired) electrons. The van der Waals surface area contributed by atoms with Crippen LogP contribution in [0.4, 0.5) is 11.5 Å². The van der Waals surface area contributed by atoms with E-state index in [0.717, 1.165) is 30.5 Å². The zero-order valence-electron chi connectivity index (χ0n) is 21.7. The molecule has 8 nitrogen and oxygen atoms in total. The molecule has 40 heavy (non-hydrogen) atoms. The van der Waals surface area contributed by atoms with Gasteiger partial charge in [0.1, 0.15) is 16.9 Å². The summed E-state index contributed by atoms with van der Waals surface area (Å²) in [5.41, 5.74) is 4.29. The number of nitriles is 1. The van der Waals surface area contributed by atoms with E-state index in [1.54, 1.807) is 25.1 Å². The maximum atomic E-state index is 12.9. The number of rotatable bonds is 8. The number of fused-ring (bicyclic) bond motifs is 1. The highest BCUT2D eigenvalue weighted by molar-refractivity contribution is 8.00. The molecule has 2 aromatic carbocycles. The lowest BCUT2D eigenvalue weighted by Crippen LogP contribution is -2.23. The Labute approximate surface area is 237 Å². The van der Waals surface area contributed by atoms with E-state index in [-0.39, 0.29) is 16.6 Å². The summed E-state index contributed by atoms with van der Waals surface area (Å²) >= 11 is 1.24. The third kappa shape index (κ3) is 6.33. The molecule has 0 fully saturated rings. The summed E-state index contributed by atoms with van der Waals surface area (Å²) in [6.45, 7) is 1.75. The van der Waals surface area contributed by atoms with Gasteiger partial charge < -0.3 is 5.32 Å². The van der Waals surface area contributed by atoms with Crippen molar-refractivity contribution in [3.05, 3.63) is 107 Å². The number of hydrogen-bond donors (Lipinski definition) is 2. The fourth-order valence-electron chi connectivity index (χ4n) is 4.63. The van der Waals surface area contributed by atoms with Crippen LogP contribution in [0.1, 0.15) is 41.6 Å². The molecule has 1 amide bonds. The van der Waals surface area contributed by atoms with Crippen LogP contribution in [-0.4, -0.2) is 29.5 Å². The lowest BCUT2D eigenvalue weighted by Gasteiger charge is -2.25. The molecule has 1 aliphatic carbocycles. The lowest BCUT2D eigenvalue weighted by atomic mass is 9.82. The van der Waals surface area contributed by atoms with Crippen LogP contribution >= 0.6 is 11.8 Å². The van der Waals surface area contributed by atoms with Crippen LogP contribution in [0.3, 0.4) is 0 Å². The molecule has 0 bridgehead atoms. The molecule has 5 rings (SSSR count). The molecular weight excluding hydrogens is 542 g/mol. The van der Waals surface area contributed by atoms with Crippen molar-refractivity contribution >= 4 is 39.2 Å². The van der Waals surface area contributed by atoms with E-state index in [2.05, 4.69) is 33.2 Å². The first kappa shape index (κ1) is 27.4. The van der Waals surface area contributed by atoms with Gasteiger partial charge in [0, 0.05) is 17.6 Å². The number of hydrogen-bond acceptors (Lipinski definition) is 7. The van der Waals surface area contributed by atoms with Crippen molar-refractivity contribution in [2.24, 2.45) is 0 Å². The number of nitrogens with one attached hydrogen (secondary N) is 2. The quantitative estimate of drug-likeness (QED) is 0.267. The fourth-order valence-corrected chi connectivity index (χ4v) is 6.53. The number of pyridine rings is 2. The molecule has 2 N–H and O–H groups in total. The number of aromatic nitrogens is 2. The maximum Gasteiger partial charge on any atom is 0.263 e. The molecule has 2 unspecified atom stereocenters. The molecule has 4 aromatic rings. The largest absolute Gasteiger partial charge is 0.325 e. The van der Waals surface area contributed by atoms with Crippen molar-refractivity contribution in [1.29, 1.82) is 5.26 Å². The van der Waals surface area contributed by atoms with E-state index >= 15 is 0 Å². The molecular formula is C30H27N5O3S2. The first-order valence-electron chi connectivity index (χ1n) is 12.8. The molecule has 0 aliphatic heterocycles. The first-order chi connectivity index (χ1) is 19.3. The molecule has 202 valence electrons. The molecule has 10 heteroatoms. The van der Waals surface area contributed by atoms with Gasteiger partial charge in [0.25, 0.3) is 10.0 Å². The standard InChI is InChI=1S/C30H27N5O3S2/c1-20(29(36)33-25-11-13-26(14-12-25)40(37,38)35-28-9-5-6-16-32-28)39-30-24(19-31)18-23-17-22(10-15-27(23)34-30)21-7-3-2-4-8-21/h2-9,11-14,16,18,20,22H,10,15,17H2,1H3,(H,32,35)(H,33,36). The van der Waals surface area contributed by atoms with E-state index in [1.807, 2.05) is 24.3 Å². The summed E-state index contributed by atoms with van der Waals surface area (Å²) in [5.74, 6) is 0.339. The molecule has 0 saturated carbocycles. The van der Waals surface area contributed by atoms with Gasteiger partial charge in [-0.3, -0.25) is 9.52 Å². The number of carbonyl (C=O) groups excluding carboxylic acids is 1. The second-order valence-corrected chi connectivity index (χ2v) is 12.5. The van der Waals surface area contributed by atoms with Crippen molar-refractivity contribution in [3.8, 4) is 6.07 Å². The number of thioether (sulfide) groups is 1. The van der Waals surface area contributed by atoms with Crippen LogP contribution in [-0.2, 0) is 27.7 Å². The normalized spacial score (nSPS) is 15.3. The summed E-state index contributed by atoms with van der Waals surface area (Å²) < 4.78 is 27.7. The van der Waals surface area contributed by atoms with Crippen LogP contribution in [0, 0.1) is 11.3 Å². The SMILES string of the molecule is CC(Sc1nc2c(cc1C#N)CC(c1ccccc1)CC2)C(=O)Nc1ccc(S(=O)(=O)Nc2ccccn2)cc1. The second-order valence-electron chi connectivity index (χ2n) is 9.50. The Morgan fingerprint density at radius 1 is 1.07 bits per heavy atom. The van der Waals surface area contributed by atoms with Crippen LogP contribution in [0.15, 0.2) is 95.0 Å². The van der Waals surface area contributed by atoms with E-state index in [1.165, 1.54) is 47.8 Å². The number of benzene rings is 2. The lowest BCUT2D eigenvalue weighted by molar-refractivity contribution is -0.115. The highest BCUT2D eigenvalue weighted by atomic mass is 32.2. The number of amides is 1. The average Bonchev–Trinajstić information content (AvgIpc) is 2.97. The van der Waals surface area contributed by atoms with Gasteiger partial charge in [-0.2, -0.15) is 5.26 Å². The summed E-state index contributed by atoms with van der Waals surface area (Å²) in [6, 6.07) is 25.4. The van der Waals surface area contributed by atoms with Gasteiger partial charge in [-0.25, -0.2) is 18.4 Å². The van der Waals surface area contributed by atoms with Gasteiger partial charge in [-0.1, -0.05) is 48.2 Å². The zero-order valence-corrected chi connectivity index (χ0v) is 23.4. The van der Waals surface area contributed by atoms with Gasteiger partial charge in [-0.05, 0) is 85.7 Å². The molecule has 2 atom stereocenters. The Morgan fingerprint density at radius 2 is 1.82 bits per heavy atom. The van der Waals surface area contributed by atoms with E-state index in [4.69, 9.17) is 4.98 Å². The molecule has 0 saturated heterocycles. The fraction of sp³-hybridized carbons (Fsp3) is 0.200. The second kappa shape index (κ2) is 11.9. The Morgan fingerprint density at radius 3 is 2.52 bits per heavy atom. The van der Waals surface area contributed by atoms with Gasteiger partial charge >= 0.3 is 0 Å². The number of aryl methyl sites for hydroxylation is 1. The van der Waals surface area contributed by atoms with Crippen LogP contribution in [0.25, 0.3) is 0 Å². The molecule has 2 aromatic heterocycles.